The Balaban J connectivity index is 1.78. The van der Waals surface area contributed by atoms with Crippen LogP contribution in [-0.2, 0) is 11.3 Å². The molecule has 1 fully saturated rings. The van der Waals surface area contributed by atoms with Gasteiger partial charge in [-0.3, -0.25) is 0 Å². The average molecular weight is 281 g/mol. The van der Waals surface area contributed by atoms with Gasteiger partial charge in [0.1, 0.15) is 0 Å². The minimum Gasteiger partial charge on any atom is -0.493 e. The van der Waals surface area contributed by atoms with Gasteiger partial charge in [-0.05, 0) is 45.3 Å². The van der Waals surface area contributed by atoms with E-state index in [-0.39, 0.29) is 5.82 Å². The van der Waals surface area contributed by atoms with Crippen LogP contribution in [0.15, 0.2) is 18.2 Å². The summed E-state index contributed by atoms with van der Waals surface area (Å²) in [5, 5.41) is 0. The van der Waals surface area contributed by atoms with E-state index >= 15 is 0 Å². The summed E-state index contributed by atoms with van der Waals surface area (Å²) in [5.74, 6) is 0.0660. The fraction of sp³-hybridized carbons (Fsp3) is 0.625. The number of para-hydroxylation sites is 1. The Bertz CT molecular complexity index is 419. The number of nitrogens with zero attached hydrogens (tertiary/aromatic N) is 1. The quantitative estimate of drug-likeness (QED) is 0.766. The number of halogens is 1. The molecule has 3 nitrogen and oxygen atoms in total. The molecule has 1 aromatic carbocycles. The summed E-state index contributed by atoms with van der Waals surface area (Å²) < 4.78 is 24.4. The van der Waals surface area contributed by atoms with E-state index in [1.54, 1.807) is 6.07 Å². The number of benzene rings is 1. The average Bonchev–Trinajstić information content (AvgIpc) is 2.92. The Labute approximate surface area is 120 Å². The van der Waals surface area contributed by atoms with Crippen LogP contribution in [0.4, 0.5) is 4.39 Å². The Kier molecular flexibility index (Phi) is 5.80. The van der Waals surface area contributed by atoms with Crippen LogP contribution in [0.5, 0.6) is 5.75 Å². The molecule has 1 aliphatic rings. The Hall–Kier alpha value is -1.13. The third kappa shape index (κ3) is 4.18. The second-order valence-corrected chi connectivity index (χ2v) is 5.45. The van der Waals surface area contributed by atoms with Crippen molar-refractivity contribution < 1.29 is 13.9 Å². The fourth-order valence-corrected chi connectivity index (χ4v) is 2.74. The molecule has 112 valence electrons. The summed E-state index contributed by atoms with van der Waals surface area (Å²) >= 11 is 0. The van der Waals surface area contributed by atoms with Crippen LogP contribution >= 0.6 is 0 Å². The number of rotatable bonds is 7. The third-order valence-corrected chi connectivity index (χ3v) is 3.78. The first-order chi connectivity index (χ1) is 9.70. The molecule has 1 aromatic rings. The second-order valence-electron chi connectivity index (χ2n) is 5.45. The van der Waals surface area contributed by atoms with Gasteiger partial charge in [-0.1, -0.05) is 12.1 Å². The van der Waals surface area contributed by atoms with Gasteiger partial charge in [-0.2, -0.15) is 0 Å². The number of methoxy groups -OCH3 is 1. The molecule has 1 heterocycles. The standard InChI is InChI=1S/C16H24FNO2/c1-18(10-4-7-14-8-5-11-20-14)12-13-6-3-9-15(17)16(13)19-2/h3,6,9,14H,4-5,7-8,10-12H2,1-2H3. The molecule has 0 bridgehead atoms. The monoisotopic (exact) mass is 281 g/mol. The third-order valence-electron chi connectivity index (χ3n) is 3.78. The van der Waals surface area contributed by atoms with Crippen molar-refractivity contribution in [3.05, 3.63) is 29.6 Å². The summed E-state index contributed by atoms with van der Waals surface area (Å²) in [6.45, 7) is 2.60. The lowest BCUT2D eigenvalue weighted by Gasteiger charge is -2.19. The van der Waals surface area contributed by atoms with Crippen molar-refractivity contribution in [2.75, 3.05) is 27.3 Å². The van der Waals surface area contributed by atoms with Crippen LogP contribution in [-0.4, -0.2) is 38.3 Å². The summed E-state index contributed by atoms with van der Waals surface area (Å²) in [4.78, 5) is 2.20. The zero-order valence-electron chi connectivity index (χ0n) is 12.4. The van der Waals surface area contributed by atoms with Crippen LogP contribution in [0.25, 0.3) is 0 Å². The van der Waals surface area contributed by atoms with Crippen LogP contribution in [0.1, 0.15) is 31.2 Å². The van der Waals surface area contributed by atoms with E-state index < -0.39 is 0 Å². The highest BCUT2D eigenvalue weighted by Crippen LogP contribution is 2.23. The van der Waals surface area contributed by atoms with E-state index in [9.17, 15) is 4.39 Å². The topological polar surface area (TPSA) is 21.7 Å². The van der Waals surface area contributed by atoms with Gasteiger partial charge in [0, 0.05) is 18.7 Å². The first-order valence-corrected chi connectivity index (χ1v) is 7.32. The van der Waals surface area contributed by atoms with Crippen molar-refractivity contribution in [2.45, 2.75) is 38.3 Å². The summed E-state index contributed by atoms with van der Waals surface area (Å²) in [7, 11) is 3.57. The lowest BCUT2D eigenvalue weighted by atomic mass is 10.1. The number of hydrogen-bond donors (Lipinski definition) is 0. The van der Waals surface area contributed by atoms with Gasteiger partial charge in [0.2, 0.25) is 0 Å². The molecule has 4 heteroatoms. The summed E-state index contributed by atoms with van der Waals surface area (Å²) in [6, 6.07) is 5.08. The molecule has 0 N–H and O–H groups in total. The zero-order chi connectivity index (χ0) is 14.4. The molecule has 0 radical (unpaired) electrons. The molecule has 0 amide bonds. The maximum atomic E-state index is 13.6. The highest BCUT2D eigenvalue weighted by molar-refractivity contribution is 5.34. The highest BCUT2D eigenvalue weighted by atomic mass is 19.1. The van der Waals surface area contributed by atoms with Gasteiger partial charge >= 0.3 is 0 Å². The Morgan fingerprint density at radius 3 is 3.00 bits per heavy atom. The molecule has 0 saturated carbocycles. The first kappa shape index (κ1) is 15.3. The first-order valence-electron chi connectivity index (χ1n) is 7.32. The molecule has 20 heavy (non-hydrogen) atoms. The van der Waals surface area contributed by atoms with Crippen LogP contribution in [0.3, 0.4) is 0 Å². The van der Waals surface area contributed by atoms with Crippen molar-refractivity contribution in [1.82, 2.24) is 4.90 Å². The molecule has 1 atom stereocenters. The van der Waals surface area contributed by atoms with Gasteiger partial charge in [-0.25, -0.2) is 4.39 Å². The number of hydrogen-bond acceptors (Lipinski definition) is 3. The normalized spacial score (nSPS) is 18.7. The summed E-state index contributed by atoms with van der Waals surface area (Å²) in [6.07, 6.45) is 5.07. The van der Waals surface area contributed by atoms with Crippen LogP contribution in [0.2, 0.25) is 0 Å². The lowest BCUT2D eigenvalue weighted by Crippen LogP contribution is -2.21. The predicted octanol–water partition coefficient (Wildman–Crippen LogP) is 3.23. The zero-order valence-corrected chi connectivity index (χ0v) is 12.4. The minimum absolute atomic E-state index is 0.294. The SMILES string of the molecule is COc1c(F)cccc1CN(C)CCCC1CCCO1. The maximum absolute atomic E-state index is 13.6. The smallest absolute Gasteiger partial charge is 0.165 e. The number of ether oxygens (including phenoxy) is 2. The van der Waals surface area contributed by atoms with Crippen molar-refractivity contribution in [2.24, 2.45) is 0 Å². The second kappa shape index (κ2) is 7.60. The highest BCUT2D eigenvalue weighted by Gasteiger charge is 2.15. The van der Waals surface area contributed by atoms with Crippen molar-refractivity contribution in [3.8, 4) is 5.75 Å². The largest absolute Gasteiger partial charge is 0.493 e. The van der Waals surface area contributed by atoms with Gasteiger partial charge < -0.3 is 14.4 Å². The molecular formula is C16H24FNO2. The predicted molar refractivity (Wildman–Crippen MR) is 77.5 cm³/mol. The Morgan fingerprint density at radius 2 is 2.30 bits per heavy atom. The van der Waals surface area contributed by atoms with Crippen LogP contribution in [0, 0.1) is 5.82 Å². The van der Waals surface area contributed by atoms with E-state index in [4.69, 9.17) is 9.47 Å². The van der Waals surface area contributed by atoms with Gasteiger partial charge in [0.25, 0.3) is 0 Å². The fourth-order valence-electron chi connectivity index (χ4n) is 2.74. The van der Waals surface area contributed by atoms with Crippen molar-refractivity contribution >= 4 is 0 Å². The van der Waals surface area contributed by atoms with Gasteiger partial charge in [0.05, 0.1) is 13.2 Å². The molecule has 1 saturated heterocycles. The van der Waals surface area contributed by atoms with E-state index in [0.717, 1.165) is 31.6 Å². The van der Waals surface area contributed by atoms with Crippen LogP contribution < -0.4 is 4.74 Å². The maximum Gasteiger partial charge on any atom is 0.165 e. The van der Waals surface area contributed by atoms with Gasteiger partial charge in [-0.15, -0.1) is 0 Å². The van der Waals surface area contributed by atoms with E-state index in [2.05, 4.69) is 11.9 Å². The molecular weight excluding hydrogens is 257 g/mol. The lowest BCUT2D eigenvalue weighted by molar-refractivity contribution is 0.0995. The molecule has 1 aliphatic heterocycles. The summed E-state index contributed by atoms with van der Waals surface area (Å²) in [5.41, 5.74) is 0.895. The molecule has 0 aromatic heterocycles. The van der Waals surface area contributed by atoms with Gasteiger partial charge in [0.15, 0.2) is 11.6 Å². The molecule has 1 unspecified atom stereocenters. The van der Waals surface area contributed by atoms with E-state index in [1.165, 1.54) is 26.0 Å². The minimum atomic E-state index is -0.294. The molecule has 0 aliphatic carbocycles. The van der Waals surface area contributed by atoms with E-state index in [0.29, 0.717) is 18.4 Å². The Morgan fingerprint density at radius 1 is 1.45 bits per heavy atom. The van der Waals surface area contributed by atoms with Crippen molar-refractivity contribution in [3.63, 3.8) is 0 Å². The van der Waals surface area contributed by atoms with E-state index in [1.807, 2.05) is 6.07 Å². The molecule has 2 rings (SSSR count). The van der Waals surface area contributed by atoms with Crippen molar-refractivity contribution in [1.29, 1.82) is 0 Å². The molecule has 0 spiro atoms.